The number of hydrogen-bond donors (Lipinski definition) is 0. The third kappa shape index (κ3) is 3.31. The third-order valence-corrected chi connectivity index (χ3v) is 7.06. The van der Waals surface area contributed by atoms with Gasteiger partial charge in [-0.2, -0.15) is 0 Å². The fourth-order valence-corrected chi connectivity index (χ4v) is 5.58. The Morgan fingerprint density at radius 2 is 1.69 bits per heavy atom. The fraction of sp³-hybridized carbons (Fsp3) is 0.174. The Labute approximate surface area is 185 Å². The smallest absolute Gasteiger partial charge is 0.308 e. The average Bonchev–Trinajstić information content (AvgIpc) is 3.01. The molecule has 0 aliphatic carbocycles. The molecule has 0 radical (unpaired) electrons. The molecule has 0 aromatic heterocycles. The molecule has 164 valence electrons. The lowest BCUT2D eigenvalue weighted by Crippen LogP contribution is -2.35. The molecule has 0 saturated carbocycles. The number of esters is 1. The minimum atomic E-state index is -4.32. The molecule has 2 amide bonds. The number of carbonyl (C=O) groups excluding carboxylic acids is 3. The zero-order chi connectivity index (χ0) is 23.2. The van der Waals surface area contributed by atoms with Crippen molar-refractivity contribution in [2.24, 2.45) is 0 Å². The van der Waals surface area contributed by atoms with E-state index in [0.717, 1.165) is 6.92 Å². The summed E-state index contributed by atoms with van der Waals surface area (Å²) in [4.78, 5) is 37.8. The van der Waals surface area contributed by atoms with Crippen LogP contribution in [0.1, 0.15) is 31.1 Å². The van der Waals surface area contributed by atoms with Crippen LogP contribution in [0.5, 0.6) is 5.75 Å². The SMILES string of the molecule is CCN1C(=O)c2cccc3c(S(=O)(=O)N(C(C)=O)c4ccc(OC(C)=O)cc4)ccc1c23. The highest BCUT2D eigenvalue weighted by Gasteiger charge is 2.35. The number of nitrogens with zero attached hydrogens (tertiary/aromatic N) is 2. The second-order valence-electron chi connectivity index (χ2n) is 7.24. The number of amides is 2. The minimum absolute atomic E-state index is 0.0804. The molecule has 8 nitrogen and oxygen atoms in total. The number of carbonyl (C=O) groups is 3. The molecule has 0 saturated heterocycles. The zero-order valence-corrected chi connectivity index (χ0v) is 18.5. The number of rotatable bonds is 5. The highest BCUT2D eigenvalue weighted by Crippen LogP contribution is 2.41. The standard InChI is InChI=1S/C23H20N2O6S/c1-4-24-20-12-13-21(18-6-5-7-19(22(18)20)23(24)28)32(29,30)25(14(2)26)16-8-10-17(11-9-16)31-15(3)27/h5-13H,4H2,1-3H3. The number of benzene rings is 3. The normalized spacial score (nSPS) is 12.8. The molecule has 3 aromatic carbocycles. The van der Waals surface area contributed by atoms with Gasteiger partial charge in [0, 0.05) is 36.7 Å². The van der Waals surface area contributed by atoms with E-state index in [0.29, 0.717) is 32.9 Å². The van der Waals surface area contributed by atoms with Crippen molar-refractivity contribution in [3.05, 3.63) is 60.2 Å². The molecule has 3 aromatic rings. The van der Waals surface area contributed by atoms with Crippen LogP contribution in [0.3, 0.4) is 0 Å². The molecule has 0 atom stereocenters. The van der Waals surface area contributed by atoms with Crippen molar-refractivity contribution in [2.45, 2.75) is 25.7 Å². The summed E-state index contributed by atoms with van der Waals surface area (Å²) < 4.78 is 33.0. The van der Waals surface area contributed by atoms with Crippen molar-refractivity contribution in [3.63, 3.8) is 0 Å². The van der Waals surface area contributed by atoms with Gasteiger partial charge in [0.1, 0.15) is 5.75 Å². The van der Waals surface area contributed by atoms with Crippen molar-refractivity contribution < 1.29 is 27.5 Å². The number of hydrogen-bond acceptors (Lipinski definition) is 6. The summed E-state index contributed by atoms with van der Waals surface area (Å²) >= 11 is 0. The van der Waals surface area contributed by atoms with Crippen molar-refractivity contribution in [2.75, 3.05) is 15.7 Å². The van der Waals surface area contributed by atoms with Gasteiger partial charge in [-0.25, -0.2) is 12.7 Å². The second kappa shape index (κ2) is 7.76. The van der Waals surface area contributed by atoms with E-state index in [1.807, 2.05) is 6.92 Å². The summed E-state index contributed by atoms with van der Waals surface area (Å²) in [6.45, 7) is 4.69. The fourth-order valence-electron chi connectivity index (χ4n) is 3.96. The van der Waals surface area contributed by atoms with E-state index in [-0.39, 0.29) is 22.2 Å². The van der Waals surface area contributed by atoms with Crippen molar-refractivity contribution >= 4 is 50.0 Å². The molecule has 9 heteroatoms. The molecule has 0 fully saturated rings. The molecule has 32 heavy (non-hydrogen) atoms. The Balaban J connectivity index is 1.87. The maximum atomic E-state index is 13.6. The van der Waals surface area contributed by atoms with Crippen LogP contribution < -0.4 is 13.9 Å². The van der Waals surface area contributed by atoms with Crippen LogP contribution in [-0.2, 0) is 19.6 Å². The minimum Gasteiger partial charge on any atom is -0.427 e. The quantitative estimate of drug-likeness (QED) is 0.434. The molecule has 0 N–H and O–H groups in total. The Morgan fingerprint density at radius 1 is 1.00 bits per heavy atom. The first kappa shape index (κ1) is 21.5. The maximum absolute atomic E-state index is 13.6. The molecular formula is C23H20N2O6S. The van der Waals surface area contributed by atoms with Gasteiger partial charge in [0.25, 0.3) is 15.9 Å². The predicted molar refractivity (Wildman–Crippen MR) is 119 cm³/mol. The van der Waals surface area contributed by atoms with Crippen molar-refractivity contribution in [1.82, 2.24) is 0 Å². The Bertz CT molecular complexity index is 1380. The molecule has 0 unspecified atom stereocenters. The van der Waals surface area contributed by atoms with Crippen molar-refractivity contribution in [3.8, 4) is 5.75 Å². The summed E-state index contributed by atoms with van der Waals surface area (Å²) in [5.74, 6) is -1.19. The lowest BCUT2D eigenvalue weighted by Gasteiger charge is -2.22. The highest BCUT2D eigenvalue weighted by molar-refractivity contribution is 7.93. The largest absolute Gasteiger partial charge is 0.427 e. The topological polar surface area (TPSA) is 101 Å². The number of sulfonamides is 1. The van der Waals surface area contributed by atoms with Gasteiger partial charge in [-0.3, -0.25) is 14.4 Å². The van der Waals surface area contributed by atoms with Crippen LogP contribution in [0.25, 0.3) is 10.8 Å². The Morgan fingerprint density at radius 3 is 2.28 bits per heavy atom. The molecule has 1 aliphatic heterocycles. The van der Waals surface area contributed by atoms with E-state index in [2.05, 4.69) is 0 Å². The summed E-state index contributed by atoms with van der Waals surface area (Å²) in [6, 6.07) is 13.5. The number of anilines is 2. The summed E-state index contributed by atoms with van der Waals surface area (Å²) in [5.41, 5.74) is 1.17. The molecular weight excluding hydrogens is 432 g/mol. The molecule has 0 spiro atoms. The van der Waals surface area contributed by atoms with E-state index in [1.54, 1.807) is 29.2 Å². The van der Waals surface area contributed by atoms with E-state index in [1.165, 1.54) is 37.3 Å². The monoisotopic (exact) mass is 452 g/mol. The Kier molecular flexibility index (Phi) is 5.21. The lowest BCUT2D eigenvalue weighted by atomic mass is 10.1. The van der Waals surface area contributed by atoms with Gasteiger partial charge in [0.2, 0.25) is 5.91 Å². The first-order valence-corrected chi connectivity index (χ1v) is 11.3. The predicted octanol–water partition coefficient (Wildman–Crippen LogP) is 3.49. The summed E-state index contributed by atoms with van der Waals surface area (Å²) in [6.07, 6.45) is 0. The van der Waals surface area contributed by atoms with Crippen LogP contribution in [0.4, 0.5) is 11.4 Å². The summed E-state index contributed by atoms with van der Waals surface area (Å²) in [7, 11) is -4.32. The molecule has 1 aliphatic rings. The van der Waals surface area contributed by atoms with E-state index in [9.17, 15) is 22.8 Å². The average molecular weight is 452 g/mol. The van der Waals surface area contributed by atoms with Gasteiger partial charge in [-0.1, -0.05) is 12.1 Å². The highest BCUT2D eigenvalue weighted by atomic mass is 32.2. The van der Waals surface area contributed by atoms with Crippen LogP contribution in [0.15, 0.2) is 59.5 Å². The van der Waals surface area contributed by atoms with Crippen LogP contribution in [0.2, 0.25) is 0 Å². The molecule has 0 bridgehead atoms. The van der Waals surface area contributed by atoms with Crippen molar-refractivity contribution in [1.29, 1.82) is 0 Å². The first-order valence-electron chi connectivity index (χ1n) is 9.88. The van der Waals surface area contributed by atoms with Gasteiger partial charge < -0.3 is 9.64 Å². The molecule has 4 rings (SSSR count). The van der Waals surface area contributed by atoms with Gasteiger partial charge in [0.15, 0.2) is 0 Å². The van der Waals surface area contributed by atoms with Gasteiger partial charge in [0.05, 0.1) is 16.3 Å². The lowest BCUT2D eigenvalue weighted by molar-refractivity contribution is -0.131. The van der Waals surface area contributed by atoms with Crippen LogP contribution in [-0.4, -0.2) is 32.7 Å². The van der Waals surface area contributed by atoms with Gasteiger partial charge in [-0.15, -0.1) is 0 Å². The van der Waals surface area contributed by atoms with E-state index in [4.69, 9.17) is 4.74 Å². The van der Waals surface area contributed by atoms with E-state index >= 15 is 0 Å². The van der Waals surface area contributed by atoms with Gasteiger partial charge >= 0.3 is 5.97 Å². The van der Waals surface area contributed by atoms with Gasteiger partial charge in [-0.05, 0) is 49.4 Å². The van der Waals surface area contributed by atoms with Crippen LogP contribution >= 0.6 is 0 Å². The molecule has 1 heterocycles. The van der Waals surface area contributed by atoms with Crippen LogP contribution in [0, 0.1) is 0 Å². The zero-order valence-electron chi connectivity index (χ0n) is 17.7. The Hall–Kier alpha value is -3.72. The maximum Gasteiger partial charge on any atom is 0.308 e. The second-order valence-corrected chi connectivity index (χ2v) is 8.99. The number of ether oxygens (including phenoxy) is 1. The third-order valence-electron chi connectivity index (χ3n) is 5.20. The first-order chi connectivity index (χ1) is 15.2. The summed E-state index contributed by atoms with van der Waals surface area (Å²) in [5, 5.41) is 0.918. The van der Waals surface area contributed by atoms with E-state index < -0.39 is 21.9 Å².